The van der Waals surface area contributed by atoms with E-state index in [9.17, 15) is 14.4 Å². The number of carbonyl (C=O) groups excluding carboxylic acids is 2. The van der Waals surface area contributed by atoms with Gasteiger partial charge in [0.05, 0.1) is 12.7 Å². The highest BCUT2D eigenvalue weighted by molar-refractivity contribution is 5.96. The molecule has 2 aromatic rings. The summed E-state index contributed by atoms with van der Waals surface area (Å²) in [5.41, 5.74) is 2.39. The Balaban J connectivity index is 1.45. The van der Waals surface area contributed by atoms with Gasteiger partial charge in [0.15, 0.2) is 0 Å². The Morgan fingerprint density at radius 2 is 2.15 bits per heavy atom. The van der Waals surface area contributed by atoms with Crippen LogP contribution in [-0.4, -0.2) is 37.9 Å². The number of amides is 2. The zero-order chi connectivity index (χ0) is 18.5. The van der Waals surface area contributed by atoms with Crippen LogP contribution in [0.3, 0.4) is 0 Å². The lowest BCUT2D eigenvalue weighted by Crippen LogP contribution is -2.31. The fourth-order valence-electron chi connectivity index (χ4n) is 2.86. The number of hydrogen-bond acceptors (Lipinski definition) is 5. The number of aliphatic carboxylic acids is 1. The molecule has 1 atom stereocenters. The molecule has 0 fully saturated rings. The number of rotatable bonds is 7. The third-order valence-electron chi connectivity index (χ3n) is 4.18. The number of fused-ring (bicyclic) bond motifs is 1. The second kappa shape index (κ2) is 7.77. The monoisotopic (exact) mass is 357 g/mol. The van der Waals surface area contributed by atoms with Gasteiger partial charge in [-0.05, 0) is 24.5 Å². The van der Waals surface area contributed by atoms with E-state index in [0.717, 1.165) is 11.3 Å². The maximum Gasteiger partial charge on any atom is 0.325 e. The molecule has 1 aliphatic rings. The number of nitrogens with zero attached hydrogens (tertiary/aromatic N) is 3. The first-order valence-corrected chi connectivity index (χ1v) is 8.27. The Morgan fingerprint density at radius 3 is 2.96 bits per heavy atom. The molecule has 1 unspecified atom stereocenters. The summed E-state index contributed by atoms with van der Waals surface area (Å²) in [7, 11) is 0. The van der Waals surface area contributed by atoms with Gasteiger partial charge in [0.1, 0.15) is 12.2 Å². The lowest BCUT2D eigenvalue weighted by molar-refractivity contribution is -0.138. The van der Waals surface area contributed by atoms with Gasteiger partial charge in [0, 0.05) is 18.0 Å². The van der Waals surface area contributed by atoms with E-state index in [-0.39, 0.29) is 37.2 Å². The summed E-state index contributed by atoms with van der Waals surface area (Å²) in [6.07, 6.45) is 2.78. The Kier molecular flexibility index (Phi) is 5.26. The van der Waals surface area contributed by atoms with Crippen LogP contribution in [0.2, 0.25) is 0 Å². The number of carbonyl (C=O) groups is 3. The molecule has 0 saturated heterocycles. The molecule has 0 bridgehead atoms. The molecule has 1 aromatic heterocycles. The number of para-hydroxylation sites is 1. The standard InChI is InChI=1S/C17H19N5O4/c23-15(18-8-13-9-22(21-20-13)10-16(24)25)6-5-12-7-11-3-1-2-4-14(11)19-17(12)26/h1-4,9,12H,5-8,10H2,(H,18,23)(H,19,26)(H,24,25). The molecule has 136 valence electrons. The zero-order valence-electron chi connectivity index (χ0n) is 14.0. The minimum atomic E-state index is -1.02. The van der Waals surface area contributed by atoms with Crippen molar-refractivity contribution in [1.82, 2.24) is 20.3 Å². The van der Waals surface area contributed by atoms with E-state index in [0.29, 0.717) is 18.5 Å². The van der Waals surface area contributed by atoms with Crippen LogP contribution < -0.4 is 10.6 Å². The normalized spacial score (nSPS) is 15.8. The van der Waals surface area contributed by atoms with E-state index >= 15 is 0 Å². The number of aromatic nitrogens is 3. The number of nitrogens with one attached hydrogen (secondary N) is 2. The van der Waals surface area contributed by atoms with Gasteiger partial charge in [0.2, 0.25) is 11.8 Å². The van der Waals surface area contributed by atoms with Crippen molar-refractivity contribution >= 4 is 23.5 Å². The number of carboxylic acids is 1. The van der Waals surface area contributed by atoms with Crippen LogP contribution in [-0.2, 0) is 33.9 Å². The molecule has 3 rings (SSSR count). The molecule has 0 spiro atoms. The number of anilines is 1. The first-order chi connectivity index (χ1) is 12.5. The van der Waals surface area contributed by atoms with Crippen LogP contribution in [0.15, 0.2) is 30.5 Å². The molecular weight excluding hydrogens is 338 g/mol. The largest absolute Gasteiger partial charge is 0.480 e. The summed E-state index contributed by atoms with van der Waals surface area (Å²) >= 11 is 0. The Morgan fingerprint density at radius 1 is 1.35 bits per heavy atom. The minimum absolute atomic E-state index is 0.0619. The van der Waals surface area contributed by atoms with Crippen LogP contribution in [0, 0.1) is 5.92 Å². The van der Waals surface area contributed by atoms with Crippen LogP contribution in [0.25, 0.3) is 0 Å². The number of benzene rings is 1. The smallest absolute Gasteiger partial charge is 0.325 e. The predicted octanol–water partition coefficient (Wildman–Crippen LogP) is 0.570. The first-order valence-electron chi connectivity index (χ1n) is 8.27. The highest BCUT2D eigenvalue weighted by Crippen LogP contribution is 2.27. The van der Waals surface area contributed by atoms with Crippen LogP contribution in [0.5, 0.6) is 0 Å². The topological polar surface area (TPSA) is 126 Å². The van der Waals surface area contributed by atoms with E-state index < -0.39 is 5.97 Å². The summed E-state index contributed by atoms with van der Waals surface area (Å²) < 4.78 is 1.19. The third kappa shape index (κ3) is 4.44. The van der Waals surface area contributed by atoms with E-state index in [2.05, 4.69) is 20.9 Å². The Labute approximate surface area is 149 Å². The van der Waals surface area contributed by atoms with Crippen molar-refractivity contribution in [3.05, 3.63) is 41.7 Å². The van der Waals surface area contributed by atoms with Gasteiger partial charge in [-0.3, -0.25) is 14.4 Å². The predicted molar refractivity (Wildman–Crippen MR) is 91.0 cm³/mol. The molecule has 3 N–H and O–H groups in total. The second-order valence-electron chi connectivity index (χ2n) is 6.16. The minimum Gasteiger partial charge on any atom is -0.480 e. The van der Waals surface area contributed by atoms with E-state index in [1.807, 2.05) is 24.3 Å². The summed E-state index contributed by atoms with van der Waals surface area (Å²) in [5.74, 6) is -1.50. The molecule has 1 aliphatic heterocycles. The Bertz CT molecular complexity index is 832. The molecule has 2 heterocycles. The van der Waals surface area contributed by atoms with Crippen LogP contribution in [0.4, 0.5) is 5.69 Å². The van der Waals surface area contributed by atoms with E-state index in [1.165, 1.54) is 10.9 Å². The zero-order valence-corrected chi connectivity index (χ0v) is 14.0. The van der Waals surface area contributed by atoms with Crippen molar-refractivity contribution in [2.75, 3.05) is 5.32 Å². The van der Waals surface area contributed by atoms with Gasteiger partial charge in [-0.2, -0.15) is 0 Å². The second-order valence-corrected chi connectivity index (χ2v) is 6.16. The van der Waals surface area contributed by atoms with Gasteiger partial charge in [-0.25, -0.2) is 4.68 Å². The fraction of sp³-hybridized carbons (Fsp3) is 0.353. The maximum absolute atomic E-state index is 12.1. The number of carboxylic acid groups (broad SMARTS) is 1. The molecule has 0 radical (unpaired) electrons. The summed E-state index contributed by atoms with van der Waals surface area (Å²) in [4.78, 5) is 34.7. The average molecular weight is 357 g/mol. The van der Waals surface area contributed by atoms with E-state index in [1.54, 1.807) is 0 Å². The van der Waals surface area contributed by atoms with Crippen molar-refractivity contribution in [3.63, 3.8) is 0 Å². The lowest BCUT2D eigenvalue weighted by atomic mass is 9.89. The van der Waals surface area contributed by atoms with Gasteiger partial charge >= 0.3 is 5.97 Å². The lowest BCUT2D eigenvalue weighted by Gasteiger charge is -2.24. The number of hydrogen-bond donors (Lipinski definition) is 3. The van der Waals surface area contributed by atoms with Crippen molar-refractivity contribution < 1.29 is 19.5 Å². The van der Waals surface area contributed by atoms with Crippen molar-refractivity contribution in [2.45, 2.75) is 32.4 Å². The maximum atomic E-state index is 12.1. The molecule has 2 amide bonds. The van der Waals surface area contributed by atoms with Crippen molar-refractivity contribution in [2.24, 2.45) is 5.92 Å². The molecular formula is C17H19N5O4. The van der Waals surface area contributed by atoms with Crippen molar-refractivity contribution in [1.29, 1.82) is 0 Å². The van der Waals surface area contributed by atoms with Crippen LogP contribution in [0.1, 0.15) is 24.1 Å². The average Bonchev–Trinajstić information content (AvgIpc) is 3.04. The van der Waals surface area contributed by atoms with Gasteiger partial charge in [-0.15, -0.1) is 5.10 Å². The molecule has 26 heavy (non-hydrogen) atoms. The van der Waals surface area contributed by atoms with Crippen LogP contribution >= 0.6 is 0 Å². The fourth-order valence-corrected chi connectivity index (χ4v) is 2.86. The quantitative estimate of drug-likeness (QED) is 0.665. The molecule has 0 saturated carbocycles. The summed E-state index contributed by atoms with van der Waals surface area (Å²) in [6.45, 7) is -0.114. The summed E-state index contributed by atoms with van der Waals surface area (Å²) in [5, 5.41) is 21.7. The Hall–Kier alpha value is -3.23. The van der Waals surface area contributed by atoms with E-state index in [4.69, 9.17) is 5.11 Å². The molecule has 0 aliphatic carbocycles. The van der Waals surface area contributed by atoms with Crippen molar-refractivity contribution in [3.8, 4) is 0 Å². The molecule has 9 nitrogen and oxygen atoms in total. The highest BCUT2D eigenvalue weighted by Gasteiger charge is 2.26. The van der Waals surface area contributed by atoms with Gasteiger partial charge in [0.25, 0.3) is 0 Å². The van der Waals surface area contributed by atoms with Gasteiger partial charge < -0.3 is 15.7 Å². The van der Waals surface area contributed by atoms with Gasteiger partial charge in [-0.1, -0.05) is 23.4 Å². The summed E-state index contributed by atoms with van der Waals surface area (Å²) in [6, 6.07) is 7.65. The third-order valence-corrected chi connectivity index (χ3v) is 4.18. The first kappa shape index (κ1) is 17.6. The SMILES string of the molecule is O=C(O)Cn1cc(CNC(=O)CCC2Cc3ccccc3NC2=O)nn1. The molecule has 1 aromatic carbocycles. The highest BCUT2D eigenvalue weighted by atomic mass is 16.4. The molecule has 9 heteroatoms.